The summed E-state index contributed by atoms with van der Waals surface area (Å²) >= 11 is 0. The van der Waals surface area contributed by atoms with Crippen LogP contribution in [0.5, 0.6) is 5.88 Å². The SMILES string of the molecule is COc1ccnc(N[C@@H]2CCCCNC2=O)n1. The van der Waals surface area contributed by atoms with Crippen molar-refractivity contribution < 1.29 is 9.53 Å². The van der Waals surface area contributed by atoms with Crippen LogP contribution in [0.25, 0.3) is 0 Å². The lowest BCUT2D eigenvalue weighted by Crippen LogP contribution is -2.38. The van der Waals surface area contributed by atoms with Crippen LogP contribution in [-0.4, -0.2) is 35.6 Å². The maximum Gasteiger partial charge on any atom is 0.242 e. The summed E-state index contributed by atoms with van der Waals surface area (Å²) in [6, 6.07) is 1.41. The van der Waals surface area contributed by atoms with E-state index in [1.54, 1.807) is 19.4 Å². The van der Waals surface area contributed by atoms with Crippen molar-refractivity contribution in [2.24, 2.45) is 0 Å². The molecule has 1 aliphatic rings. The standard InChI is InChI=1S/C11H16N4O2/c1-17-9-5-7-13-11(15-9)14-8-4-2-3-6-12-10(8)16/h5,7-8H,2-4,6H2,1H3,(H,12,16)(H,13,14,15)/t8-/m1/s1. The Balaban J connectivity index is 2.05. The number of hydrogen-bond acceptors (Lipinski definition) is 5. The van der Waals surface area contributed by atoms with Gasteiger partial charge in [0.1, 0.15) is 6.04 Å². The molecule has 1 aromatic heterocycles. The Morgan fingerprint density at radius 1 is 1.53 bits per heavy atom. The zero-order valence-corrected chi connectivity index (χ0v) is 9.77. The third kappa shape index (κ3) is 3.05. The lowest BCUT2D eigenvalue weighted by atomic mass is 10.1. The van der Waals surface area contributed by atoms with Crippen LogP contribution in [0.2, 0.25) is 0 Å². The second kappa shape index (κ2) is 5.47. The molecular weight excluding hydrogens is 220 g/mol. The smallest absolute Gasteiger partial charge is 0.242 e. The molecule has 0 spiro atoms. The summed E-state index contributed by atoms with van der Waals surface area (Å²) in [6.45, 7) is 0.746. The number of amides is 1. The van der Waals surface area contributed by atoms with Gasteiger partial charge < -0.3 is 15.4 Å². The van der Waals surface area contributed by atoms with E-state index in [0.29, 0.717) is 11.8 Å². The number of methoxy groups -OCH3 is 1. The number of carbonyl (C=O) groups excluding carboxylic acids is 1. The lowest BCUT2D eigenvalue weighted by molar-refractivity contribution is -0.121. The largest absolute Gasteiger partial charge is 0.481 e. The van der Waals surface area contributed by atoms with Gasteiger partial charge in [-0.25, -0.2) is 4.98 Å². The molecule has 1 atom stereocenters. The second-order valence-electron chi connectivity index (χ2n) is 3.91. The van der Waals surface area contributed by atoms with Crippen LogP contribution in [0.4, 0.5) is 5.95 Å². The number of nitrogens with one attached hydrogen (secondary N) is 2. The van der Waals surface area contributed by atoms with Gasteiger partial charge in [-0.1, -0.05) is 0 Å². The molecule has 6 heteroatoms. The molecule has 1 aliphatic heterocycles. The molecule has 2 heterocycles. The van der Waals surface area contributed by atoms with Crippen molar-refractivity contribution >= 4 is 11.9 Å². The molecule has 0 aromatic carbocycles. The highest BCUT2D eigenvalue weighted by atomic mass is 16.5. The molecule has 2 N–H and O–H groups in total. The van der Waals surface area contributed by atoms with E-state index >= 15 is 0 Å². The van der Waals surface area contributed by atoms with E-state index in [-0.39, 0.29) is 11.9 Å². The topological polar surface area (TPSA) is 76.1 Å². The summed E-state index contributed by atoms with van der Waals surface area (Å²) in [7, 11) is 1.55. The van der Waals surface area contributed by atoms with E-state index in [4.69, 9.17) is 4.74 Å². The maximum atomic E-state index is 11.7. The molecule has 0 bridgehead atoms. The first-order valence-electron chi connectivity index (χ1n) is 5.71. The lowest BCUT2D eigenvalue weighted by Gasteiger charge is -2.14. The van der Waals surface area contributed by atoms with Gasteiger partial charge in [-0.15, -0.1) is 0 Å². The van der Waals surface area contributed by atoms with Gasteiger partial charge in [0.2, 0.25) is 17.7 Å². The monoisotopic (exact) mass is 236 g/mol. The van der Waals surface area contributed by atoms with E-state index in [1.165, 1.54) is 0 Å². The molecule has 0 radical (unpaired) electrons. The Labute approximate surface area is 99.8 Å². The van der Waals surface area contributed by atoms with Crippen LogP contribution in [-0.2, 0) is 4.79 Å². The minimum atomic E-state index is -0.260. The van der Waals surface area contributed by atoms with Crippen LogP contribution in [0.15, 0.2) is 12.3 Å². The first kappa shape index (κ1) is 11.6. The number of ether oxygens (including phenoxy) is 1. The fourth-order valence-corrected chi connectivity index (χ4v) is 1.76. The summed E-state index contributed by atoms with van der Waals surface area (Å²) in [4.78, 5) is 19.9. The van der Waals surface area contributed by atoms with Crippen LogP contribution in [0, 0.1) is 0 Å². The summed E-state index contributed by atoms with van der Waals surface area (Å²) in [5.41, 5.74) is 0. The highest BCUT2D eigenvalue weighted by Crippen LogP contribution is 2.12. The zero-order valence-electron chi connectivity index (χ0n) is 9.77. The number of anilines is 1. The van der Waals surface area contributed by atoms with Gasteiger partial charge in [-0.2, -0.15) is 4.98 Å². The highest BCUT2D eigenvalue weighted by molar-refractivity contribution is 5.84. The third-order valence-electron chi connectivity index (χ3n) is 2.68. The normalized spacial score (nSPS) is 20.3. The molecule has 0 saturated carbocycles. The number of nitrogens with zero attached hydrogens (tertiary/aromatic N) is 2. The van der Waals surface area contributed by atoms with Crippen molar-refractivity contribution in [2.45, 2.75) is 25.3 Å². The Morgan fingerprint density at radius 2 is 2.41 bits per heavy atom. The first-order chi connectivity index (χ1) is 8.29. The van der Waals surface area contributed by atoms with Crippen molar-refractivity contribution in [3.63, 3.8) is 0 Å². The molecule has 1 saturated heterocycles. The van der Waals surface area contributed by atoms with E-state index in [9.17, 15) is 4.79 Å². The number of rotatable bonds is 3. The maximum absolute atomic E-state index is 11.7. The first-order valence-corrected chi connectivity index (χ1v) is 5.71. The molecule has 1 fully saturated rings. The fraction of sp³-hybridized carbons (Fsp3) is 0.545. The van der Waals surface area contributed by atoms with Crippen molar-refractivity contribution in [1.29, 1.82) is 0 Å². The Bertz CT molecular complexity index is 397. The van der Waals surface area contributed by atoms with E-state index in [2.05, 4.69) is 20.6 Å². The molecule has 17 heavy (non-hydrogen) atoms. The minimum absolute atomic E-state index is 0.00826. The van der Waals surface area contributed by atoms with Gasteiger partial charge in [-0.3, -0.25) is 4.79 Å². The molecular formula is C11H16N4O2. The second-order valence-corrected chi connectivity index (χ2v) is 3.91. The van der Waals surface area contributed by atoms with Crippen LogP contribution >= 0.6 is 0 Å². The molecule has 2 rings (SSSR count). The zero-order chi connectivity index (χ0) is 12.1. The fourth-order valence-electron chi connectivity index (χ4n) is 1.76. The average Bonchev–Trinajstić information content (AvgIpc) is 2.55. The number of carbonyl (C=O) groups is 1. The predicted molar refractivity (Wildman–Crippen MR) is 62.9 cm³/mol. The van der Waals surface area contributed by atoms with Crippen molar-refractivity contribution in [3.05, 3.63) is 12.3 Å². The van der Waals surface area contributed by atoms with Crippen LogP contribution in [0.3, 0.4) is 0 Å². The third-order valence-corrected chi connectivity index (χ3v) is 2.68. The molecule has 6 nitrogen and oxygen atoms in total. The quantitative estimate of drug-likeness (QED) is 0.802. The molecule has 92 valence electrons. The number of hydrogen-bond donors (Lipinski definition) is 2. The summed E-state index contributed by atoms with van der Waals surface area (Å²) < 4.78 is 5.00. The summed E-state index contributed by atoms with van der Waals surface area (Å²) in [5.74, 6) is 0.914. The van der Waals surface area contributed by atoms with Gasteiger partial charge in [0.25, 0.3) is 0 Å². The van der Waals surface area contributed by atoms with Gasteiger partial charge in [-0.05, 0) is 19.3 Å². The molecule has 1 amide bonds. The van der Waals surface area contributed by atoms with Crippen molar-refractivity contribution in [2.75, 3.05) is 19.0 Å². The molecule has 0 unspecified atom stereocenters. The van der Waals surface area contributed by atoms with E-state index in [0.717, 1.165) is 25.8 Å². The van der Waals surface area contributed by atoms with Crippen LogP contribution in [0.1, 0.15) is 19.3 Å². The molecule has 0 aliphatic carbocycles. The van der Waals surface area contributed by atoms with Crippen molar-refractivity contribution in [3.8, 4) is 5.88 Å². The van der Waals surface area contributed by atoms with E-state index in [1.807, 2.05) is 0 Å². The Kier molecular flexibility index (Phi) is 3.74. The summed E-state index contributed by atoms with van der Waals surface area (Å²) in [5, 5.41) is 5.89. The van der Waals surface area contributed by atoms with Crippen LogP contribution < -0.4 is 15.4 Å². The van der Waals surface area contributed by atoms with Gasteiger partial charge in [0, 0.05) is 18.8 Å². The average molecular weight is 236 g/mol. The van der Waals surface area contributed by atoms with Gasteiger partial charge in [0.05, 0.1) is 7.11 Å². The highest BCUT2D eigenvalue weighted by Gasteiger charge is 2.21. The number of aromatic nitrogens is 2. The Hall–Kier alpha value is -1.85. The Morgan fingerprint density at radius 3 is 3.24 bits per heavy atom. The predicted octanol–water partition coefficient (Wildman–Crippen LogP) is 0.566. The molecule has 1 aromatic rings. The summed E-state index contributed by atoms with van der Waals surface area (Å²) in [6.07, 6.45) is 4.43. The van der Waals surface area contributed by atoms with Crippen molar-refractivity contribution in [1.82, 2.24) is 15.3 Å². The van der Waals surface area contributed by atoms with Gasteiger partial charge >= 0.3 is 0 Å². The van der Waals surface area contributed by atoms with Gasteiger partial charge in [0.15, 0.2) is 0 Å². The van der Waals surface area contributed by atoms with E-state index < -0.39 is 0 Å². The minimum Gasteiger partial charge on any atom is -0.481 e.